The molecule has 1 aliphatic carbocycles. The molecule has 4 nitrogen and oxygen atoms in total. The smallest absolute Gasteiger partial charge is 0.256 e. The molecule has 1 aromatic carbocycles. The SMILES string of the molecule is Cc1cccc(C(=O)Nc2sc3c(c2C(N)=O)C[C@@H](C)CC3)c1. The van der Waals surface area contributed by atoms with Gasteiger partial charge in [0.05, 0.1) is 5.56 Å². The number of hydrogen-bond donors (Lipinski definition) is 2. The highest BCUT2D eigenvalue weighted by atomic mass is 32.1. The number of hydrogen-bond acceptors (Lipinski definition) is 3. The van der Waals surface area contributed by atoms with E-state index in [1.54, 1.807) is 6.07 Å². The van der Waals surface area contributed by atoms with Gasteiger partial charge in [-0.05, 0) is 49.8 Å². The predicted molar refractivity (Wildman–Crippen MR) is 93.2 cm³/mol. The maximum atomic E-state index is 12.5. The van der Waals surface area contributed by atoms with Crippen molar-refractivity contribution in [2.45, 2.75) is 33.1 Å². The number of aryl methyl sites for hydroxylation is 2. The van der Waals surface area contributed by atoms with Gasteiger partial charge in [0.1, 0.15) is 5.00 Å². The average molecular weight is 328 g/mol. The van der Waals surface area contributed by atoms with E-state index in [1.807, 2.05) is 25.1 Å². The Morgan fingerprint density at radius 3 is 2.83 bits per heavy atom. The van der Waals surface area contributed by atoms with Gasteiger partial charge in [0.25, 0.3) is 11.8 Å². The third-order valence-corrected chi connectivity index (χ3v) is 5.47. The van der Waals surface area contributed by atoms with Gasteiger partial charge < -0.3 is 11.1 Å². The standard InChI is InChI=1S/C18H20N2O2S/c1-10-4-3-5-12(8-10)17(22)20-18-15(16(19)21)13-9-11(2)6-7-14(13)23-18/h3-5,8,11H,6-7,9H2,1-2H3,(H2,19,21)(H,20,22)/t11-/m0/s1. The lowest BCUT2D eigenvalue weighted by molar-refractivity contribution is 0.1000. The molecule has 1 aromatic heterocycles. The van der Waals surface area contributed by atoms with Crippen LogP contribution in [0.1, 0.15) is 50.1 Å². The number of thiophene rings is 1. The minimum Gasteiger partial charge on any atom is -0.365 e. The zero-order chi connectivity index (χ0) is 16.6. The van der Waals surface area contributed by atoms with Crippen molar-refractivity contribution in [2.75, 3.05) is 5.32 Å². The number of primary amides is 1. The Labute approximate surface area is 139 Å². The van der Waals surface area contributed by atoms with Gasteiger partial charge in [0.2, 0.25) is 0 Å². The molecule has 1 atom stereocenters. The van der Waals surface area contributed by atoms with Gasteiger partial charge in [0.15, 0.2) is 0 Å². The lowest BCUT2D eigenvalue weighted by Crippen LogP contribution is -2.19. The van der Waals surface area contributed by atoms with Gasteiger partial charge in [0, 0.05) is 10.4 Å². The molecule has 2 amide bonds. The van der Waals surface area contributed by atoms with Crippen LogP contribution in [0.15, 0.2) is 24.3 Å². The Balaban J connectivity index is 1.94. The Hall–Kier alpha value is -2.14. The Kier molecular flexibility index (Phi) is 4.22. The number of rotatable bonds is 3. The molecule has 0 fully saturated rings. The molecular weight excluding hydrogens is 308 g/mol. The van der Waals surface area contributed by atoms with Crippen LogP contribution < -0.4 is 11.1 Å². The Morgan fingerprint density at radius 2 is 2.13 bits per heavy atom. The molecule has 1 heterocycles. The van der Waals surface area contributed by atoms with E-state index < -0.39 is 5.91 Å². The van der Waals surface area contributed by atoms with Crippen LogP contribution in [0, 0.1) is 12.8 Å². The van der Waals surface area contributed by atoms with Gasteiger partial charge in [-0.2, -0.15) is 0 Å². The number of amides is 2. The summed E-state index contributed by atoms with van der Waals surface area (Å²) in [6.45, 7) is 4.12. The summed E-state index contributed by atoms with van der Waals surface area (Å²) in [7, 11) is 0. The van der Waals surface area contributed by atoms with Gasteiger partial charge >= 0.3 is 0 Å². The molecule has 0 unspecified atom stereocenters. The average Bonchev–Trinajstić information content (AvgIpc) is 2.84. The highest BCUT2D eigenvalue weighted by Crippen LogP contribution is 2.39. The second-order valence-electron chi connectivity index (χ2n) is 6.24. The van der Waals surface area contributed by atoms with Crippen LogP contribution in [-0.2, 0) is 12.8 Å². The zero-order valence-corrected chi connectivity index (χ0v) is 14.1. The first-order valence-electron chi connectivity index (χ1n) is 7.78. The summed E-state index contributed by atoms with van der Waals surface area (Å²) in [5.41, 5.74) is 8.71. The maximum Gasteiger partial charge on any atom is 0.256 e. The second kappa shape index (κ2) is 6.16. The van der Waals surface area contributed by atoms with Crippen molar-refractivity contribution in [3.8, 4) is 0 Å². The summed E-state index contributed by atoms with van der Waals surface area (Å²) >= 11 is 1.49. The van der Waals surface area contributed by atoms with Crippen molar-refractivity contribution in [1.82, 2.24) is 0 Å². The van der Waals surface area contributed by atoms with Crippen LogP contribution >= 0.6 is 11.3 Å². The molecule has 0 radical (unpaired) electrons. The minimum absolute atomic E-state index is 0.206. The summed E-state index contributed by atoms with van der Waals surface area (Å²) in [6.07, 6.45) is 2.91. The van der Waals surface area contributed by atoms with E-state index in [-0.39, 0.29) is 5.91 Å². The van der Waals surface area contributed by atoms with E-state index in [2.05, 4.69) is 12.2 Å². The number of nitrogens with one attached hydrogen (secondary N) is 1. The highest BCUT2D eigenvalue weighted by Gasteiger charge is 2.27. The number of anilines is 1. The van der Waals surface area contributed by atoms with E-state index >= 15 is 0 Å². The molecule has 0 saturated carbocycles. The van der Waals surface area contributed by atoms with Crippen LogP contribution in [0.3, 0.4) is 0 Å². The monoisotopic (exact) mass is 328 g/mol. The van der Waals surface area contributed by atoms with E-state index in [1.165, 1.54) is 16.2 Å². The van der Waals surface area contributed by atoms with Gasteiger partial charge in [-0.3, -0.25) is 9.59 Å². The fourth-order valence-electron chi connectivity index (χ4n) is 3.07. The van der Waals surface area contributed by atoms with E-state index in [0.717, 1.165) is 30.4 Å². The molecule has 1 aliphatic rings. The summed E-state index contributed by atoms with van der Waals surface area (Å²) in [5.74, 6) is -0.130. The van der Waals surface area contributed by atoms with Gasteiger partial charge in [-0.25, -0.2) is 0 Å². The summed E-state index contributed by atoms with van der Waals surface area (Å²) in [5, 5.41) is 3.47. The van der Waals surface area contributed by atoms with Crippen molar-refractivity contribution >= 4 is 28.2 Å². The number of fused-ring (bicyclic) bond motifs is 1. The largest absolute Gasteiger partial charge is 0.365 e. The van der Waals surface area contributed by atoms with Crippen molar-refractivity contribution in [2.24, 2.45) is 11.7 Å². The molecule has 5 heteroatoms. The van der Waals surface area contributed by atoms with Crippen LogP contribution in [0.2, 0.25) is 0 Å². The predicted octanol–water partition coefficient (Wildman–Crippen LogP) is 3.53. The van der Waals surface area contributed by atoms with E-state index in [4.69, 9.17) is 5.73 Å². The van der Waals surface area contributed by atoms with Gasteiger partial charge in [-0.15, -0.1) is 11.3 Å². The molecule has 23 heavy (non-hydrogen) atoms. The van der Waals surface area contributed by atoms with Crippen molar-refractivity contribution < 1.29 is 9.59 Å². The summed E-state index contributed by atoms with van der Waals surface area (Å²) in [6, 6.07) is 7.38. The first-order valence-corrected chi connectivity index (χ1v) is 8.59. The number of benzene rings is 1. The quantitative estimate of drug-likeness (QED) is 0.904. The number of carbonyl (C=O) groups excluding carboxylic acids is 2. The maximum absolute atomic E-state index is 12.5. The van der Waals surface area contributed by atoms with Crippen molar-refractivity contribution in [3.05, 3.63) is 51.4 Å². The van der Waals surface area contributed by atoms with E-state index in [9.17, 15) is 9.59 Å². The van der Waals surface area contributed by atoms with Crippen LogP contribution in [-0.4, -0.2) is 11.8 Å². The molecule has 3 N–H and O–H groups in total. The van der Waals surface area contributed by atoms with Crippen molar-refractivity contribution in [1.29, 1.82) is 0 Å². The fourth-order valence-corrected chi connectivity index (χ4v) is 4.31. The van der Waals surface area contributed by atoms with Crippen LogP contribution in [0.4, 0.5) is 5.00 Å². The first kappa shape index (κ1) is 15.7. The second-order valence-corrected chi connectivity index (χ2v) is 7.35. The topological polar surface area (TPSA) is 72.2 Å². The first-order chi connectivity index (χ1) is 11.0. The zero-order valence-electron chi connectivity index (χ0n) is 13.3. The molecule has 0 aliphatic heterocycles. The molecule has 120 valence electrons. The summed E-state index contributed by atoms with van der Waals surface area (Å²) in [4.78, 5) is 25.6. The lowest BCUT2D eigenvalue weighted by atomic mass is 9.87. The van der Waals surface area contributed by atoms with Crippen molar-refractivity contribution in [3.63, 3.8) is 0 Å². The lowest BCUT2D eigenvalue weighted by Gasteiger charge is -2.18. The third kappa shape index (κ3) is 3.15. The fraction of sp³-hybridized carbons (Fsp3) is 0.333. The molecule has 0 saturated heterocycles. The molecule has 0 bridgehead atoms. The van der Waals surface area contributed by atoms with Crippen LogP contribution in [0.5, 0.6) is 0 Å². The molecule has 2 aromatic rings. The van der Waals surface area contributed by atoms with E-state index in [0.29, 0.717) is 22.0 Å². The molecular formula is C18H20N2O2S. The van der Waals surface area contributed by atoms with Crippen LogP contribution in [0.25, 0.3) is 0 Å². The summed E-state index contributed by atoms with van der Waals surface area (Å²) < 4.78 is 0. The highest BCUT2D eigenvalue weighted by molar-refractivity contribution is 7.17. The molecule has 3 rings (SSSR count). The Morgan fingerprint density at radius 1 is 1.35 bits per heavy atom. The third-order valence-electron chi connectivity index (χ3n) is 4.26. The minimum atomic E-state index is -0.462. The Bertz CT molecular complexity index is 779. The number of nitrogens with two attached hydrogens (primary N) is 1. The normalized spacial score (nSPS) is 16.7. The number of carbonyl (C=O) groups is 2. The van der Waals surface area contributed by atoms with Gasteiger partial charge in [-0.1, -0.05) is 24.6 Å². The molecule has 0 spiro atoms.